The number of halogens is 2. The first kappa shape index (κ1) is 19.2. The number of nitrogens with two attached hydrogens (primary N) is 1. The highest BCUT2D eigenvalue weighted by molar-refractivity contribution is 7.99. The number of nitrogen functional groups attached to an aromatic ring is 1. The van der Waals surface area contributed by atoms with Crippen LogP contribution in [0.2, 0.25) is 5.02 Å². The number of thioether (sulfide) groups is 1. The average Bonchev–Trinajstić information content (AvgIpc) is 3.01. The Labute approximate surface area is 164 Å². The summed E-state index contributed by atoms with van der Waals surface area (Å²) in [4.78, 5) is 12.2. The van der Waals surface area contributed by atoms with E-state index in [0.29, 0.717) is 10.2 Å². The minimum atomic E-state index is -0.445. The standard InChI is InChI=1S/C18H17ClFN5OS/c1-11(12-6-2-4-8-14(12)19)22-16(26)10-27-18-24-23-17(25(18)21)13-7-3-5-9-15(13)20/h2-9,11H,10,21H2,1H3,(H,22,26)/t11-/m1/s1. The number of nitrogens with one attached hydrogen (secondary N) is 1. The molecule has 1 amide bonds. The zero-order valence-electron chi connectivity index (χ0n) is 14.4. The number of rotatable bonds is 6. The summed E-state index contributed by atoms with van der Waals surface area (Å²) in [6.07, 6.45) is 0. The molecule has 0 saturated carbocycles. The van der Waals surface area contributed by atoms with Crippen LogP contribution >= 0.6 is 23.4 Å². The lowest BCUT2D eigenvalue weighted by molar-refractivity contribution is -0.119. The van der Waals surface area contributed by atoms with Crippen molar-refractivity contribution in [1.29, 1.82) is 0 Å². The van der Waals surface area contributed by atoms with Crippen LogP contribution in [0.5, 0.6) is 0 Å². The van der Waals surface area contributed by atoms with Crippen molar-refractivity contribution in [2.75, 3.05) is 11.6 Å². The number of benzene rings is 2. The second-order valence-electron chi connectivity index (χ2n) is 5.76. The highest BCUT2D eigenvalue weighted by Gasteiger charge is 2.17. The Morgan fingerprint density at radius 1 is 1.26 bits per heavy atom. The van der Waals surface area contributed by atoms with E-state index in [-0.39, 0.29) is 29.1 Å². The van der Waals surface area contributed by atoms with Gasteiger partial charge < -0.3 is 11.2 Å². The topological polar surface area (TPSA) is 85.8 Å². The third-order valence-electron chi connectivity index (χ3n) is 3.86. The first-order valence-electron chi connectivity index (χ1n) is 8.09. The zero-order chi connectivity index (χ0) is 19.4. The average molecular weight is 406 g/mol. The van der Waals surface area contributed by atoms with Gasteiger partial charge in [0.2, 0.25) is 11.1 Å². The maximum Gasteiger partial charge on any atom is 0.230 e. The summed E-state index contributed by atoms with van der Waals surface area (Å²) in [7, 11) is 0. The van der Waals surface area contributed by atoms with Crippen molar-refractivity contribution >= 4 is 29.3 Å². The smallest absolute Gasteiger partial charge is 0.230 e. The van der Waals surface area contributed by atoms with Gasteiger partial charge in [0, 0.05) is 5.02 Å². The second-order valence-corrected chi connectivity index (χ2v) is 7.11. The highest BCUT2D eigenvalue weighted by atomic mass is 35.5. The highest BCUT2D eigenvalue weighted by Crippen LogP contribution is 2.25. The molecule has 0 unspecified atom stereocenters. The van der Waals surface area contributed by atoms with Gasteiger partial charge in [0.1, 0.15) is 5.82 Å². The van der Waals surface area contributed by atoms with E-state index in [4.69, 9.17) is 17.4 Å². The number of amides is 1. The molecule has 2 aromatic carbocycles. The van der Waals surface area contributed by atoms with Gasteiger partial charge in [-0.25, -0.2) is 9.07 Å². The molecule has 1 heterocycles. The number of aromatic nitrogens is 3. The predicted molar refractivity (Wildman–Crippen MR) is 104 cm³/mol. The van der Waals surface area contributed by atoms with Gasteiger partial charge in [-0.3, -0.25) is 4.79 Å². The number of hydrogen-bond acceptors (Lipinski definition) is 5. The molecule has 9 heteroatoms. The van der Waals surface area contributed by atoms with Gasteiger partial charge in [0.15, 0.2) is 5.82 Å². The van der Waals surface area contributed by atoms with Crippen LogP contribution in [0.15, 0.2) is 53.7 Å². The van der Waals surface area contributed by atoms with E-state index in [9.17, 15) is 9.18 Å². The van der Waals surface area contributed by atoms with Gasteiger partial charge in [-0.05, 0) is 30.7 Å². The summed E-state index contributed by atoms with van der Waals surface area (Å²) in [5.41, 5.74) is 1.08. The molecule has 0 aliphatic rings. The zero-order valence-corrected chi connectivity index (χ0v) is 16.0. The molecule has 6 nitrogen and oxygen atoms in total. The minimum Gasteiger partial charge on any atom is -0.349 e. The molecule has 140 valence electrons. The van der Waals surface area contributed by atoms with E-state index < -0.39 is 5.82 Å². The fourth-order valence-corrected chi connectivity index (χ4v) is 3.49. The van der Waals surface area contributed by atoms with Gasteiger partial charge in [-0.2, -0.15) is 0 Å². The first-order valence-corrected chi connectivity index (χ1v) is 9.45. The van der Waals surface area contributed by atoms with Crippen molar-refractivity contribution in [3.8, 4) is 11.4 Å². The van der Waals surface area contributed by atoms with Crippen molar-refractivity contribution in [1.82, 2.24) is 20.2 Å². The van der Waals surface area contributed by atoms with Crippen molar-refractivity contribution in [2.45, 2.75) is 18.1 Å². The minimum absolute atomic E-state index is 0.0847. The van der Waals surface area contributed by atoms with Crippen molar-refractivity contribution in [2.24, 2.45) is 0 Å². The van der Waals surface area contributed by atoms with Gasteiger partial charge in [0.05, 0.1) is 17.4 Å². The fourth-order valence-electron chi connectivity index (χ4n) is 2.52. The molecule has 3 aromatic rings. The van der Waals surface area contributed by atoms with E-state index in [0.717, 1.165) is 17.3 Å². The SMILES string of the molecule is C[C@@H](NC(=O)CSc1nnc(-c2ccccc2F)n1N)c1ccccc1Cl. The van der Waals surface area contributed by atoms with Crippen LogP contribution < -0.4 is 11.2 Å². The Balaban J connectivity index is 1.63. The van der Waals surface area contributed by atoms with Gasteiger partial charge >= 0.3 is 0 Å². The molecule has 0 spiro atoms. The molecule has 1 atom stereocenters. The van der Waals surface area contributed by atoms with Crippen molar-refractivity contribution in [3.05, 3.63) is 64.9 Å². The molecule has 27 heavy (non-hydrogen) atoms. The summed E-state index contributed by atoms with van der Waals surface area (Å²) in [5.74, 6) is 5.59. The first-order chi connectivity index (χ1) is 13.0. The summed E-state index contributed by atoms with van der Waals surface area (Å²) in [6, 6.07) is 13.2. The maximum absolute atomic E-state index is 13.9. The van der Waals surface area contributed by atoms with Crippen LogP contribution in [-0.4, -0.2) is 26.5 Å². The lowest BCUT2D eigenvalue weighted by atomic mass is 10.1. The van der Waals surface area contributed by atoms with Crippen molar-refractivity contribution < 1.29 is 9.18 Å². The Morgan fingerprint density at radius 3 is 2.70 bits per heavy atom. The molecule has 0 bridgehead atoms. The molecular formula is C18H17ClFN5OS. The number of carbonyl (C=O) groups is 1. The molecule has 0 fully saturated rings. The summed E-state index contributed by atoms with van der Waals surface area (Å²) >= 11 is 7.26. The molecule has 3 N–H and O–H groups in total. The quantitative estimate of drug-likeness (QED) is 0.484. The third-order valence-corrected chi connectivity index (χ3v) is 5.15. The number of carbonyl (C=O) groups excluding carboxylic acids is 1. The van der Waals surface area contributed by atoms with Gasteiger partial charge in [-0.15, -0.1) is 10.2 Å². The van der Waals surface area contributed by atoms with Crippen LogP contribution in [0.25, 0.3) is 11.4 Å². The molecule has 0 aliphatic heterocycles. The Kier molecular flexibility index (Phi) is 5.98. The molecule has 0 aliphatic carbocycles. The normalized spacial score (nSPS) is 12.0. The summed E-state index contributed by atoms with van der Waals surface area (Å²) in [6.45, 7) is 1.85. The van der Waals surface area contributed by atoms with E-state index in [1.807, 2.05) is 25.1 Å². The van der Waals surface area contributed by atoms with Crippen LogP contribution in [0.4, 0.5) is 4.39 Å². The van der Waals surface area contributed by atoms with Gasteiger partial charge in [0.25, 0.3) is 0 Å². The lowest BCUT2D eigenvalue weighted by Crippen LogP contribution is -2.28. The summed E-state index contributed by atoms with van der Waals surface area (Å²) < 4.78 is 15.1. The number of hydrogen-bond donors (Lipinski definition) is 2. The van der Waals surface area contributed by atoms with Crippen LogP contribution in [0, 0.1) is 5.82 Å². The van der Waals surface area contributed by atoms with E-state index in [1.165, 1.54) is 10.7 Å². The Hall–Kier alpha value is -2.58. The largest absolute Gasteiger partial charge is 0.349 e. The Morgan fingerprint density at radius 2 is 1.96 bits per heavy atom. The number of nitrogens with zero attached hydrogens (tertiary/aromatic N) is 3. The Bertz CT molecular complexity index is 964. The second kappa shape index (κ2) is 8.41. The molecular weight excluding hydrogens is 389 g/mol. The van der Waals surface area contributed by atoms with E-state index >= 15 is 0 Å². The third kappa shape index (κ3) is 4.40. The predicted octanol–water partition coefficient (Wildman–Crippen LogP) is 3.42. The van der Waals surface area contributed by atoms with Crippen LogP contribution in [0.3, 0.4) is 0 Å². The molecule has 1 aromatic heterocycles. The monoisotopic (exact) mass is 405 g/mol. The molecule has 3 rings (SSSR count). The van der Waals surface area contributed by atoms with Crippen LogP contribution in [-0.2, 0) is 4.79 Å². The van der Waals surface area contributed by atoms with Crippen LogP contribution in [0.1, 0.15) is 18.5 Å². The van der Waals surface area contributed by atoms with Crippen molar-refractivity contribution in [3.63, 3.8) is 0 Å². The van der Waals surface area contributed by atoms with E-state index in [1.54, 1.807) is 24.3 Å². The summed E-state index contributed by atoms with van der Waals surface area (Å²) in [5, 5.41) is 11.6. The molecule has 0 radical (unpaired) electrons. The van der Waals surface area contributed by atoms with E-state index in [2.05, 4.69) is 15.5 Å². The molecule has 0 saturated heterocycles. The lowest BCUT2D eigenvalue weighted by Gasteiger charge is -2.15. The maximum atomic E-state index is 13.9. The fraction of sp³-hybridized carbons (Fsp3) is 0.167. The van der Waals surface area contributed by atoms with Gasteiger partial charge in [-0.1, -0.05) is 53.7 Å².